The minimum atomic E-state index is -0.828. The molecule has 7 heteroatoms. The molecule has 0 aromatic carbocycles. The van der Waals surface area contributed by atoms with E-state index < -0.39 is 17.9 Å². The maximum absolute atomic E-state index is 12.8. The van der Waals surface area contributed by atoms with Crippen molar-refractivity contribution < 1.29 is 24.2 Å². The number of nitrogens with zero attached hydrogens (tertiary/aromatic N) is 2. The van der Waals surface area contributed by atoms with Gasteiger partial charge in [0.1, 0.15) is 6.04 Å². The standard InChI is InChI=1S/C14H20N2O5/c1-21-13(19)11-3-2-6-15(11)14(20)16-8-4-5-10(16)9(7-8)12(17)18/h8-11H,2-7H2,1H3,(H,17,18). The van der Waals surface area contributed by atoms with E-state index in [1.54, 1.807) is 9.80 Å². The first-order chi connectivity index (χ1) is 10.0. The third kappa shape index (κ3) is 2.15. The van der Waals surface area contributed by atoms with Gasteiger partial charge in [0.05, 0.1) is 13.0 Å². The summed E-state index contributed by atoms with van der Waals surface area (Å²) in [6.07, 6.45) is 3.52. The summed E-state index contributed by atoms with van der Waals surface area (Å²) in [4.78, 5) is 39.1. The summed E-state index contributed by atoms with van der Waals surface area (Å²) in [6.45, 7) is 0.534. The maximum Gasteiger partial charge on any atom is 0.328 e. The van der Waals surface area contributed by atoms with Gasteiger partial charge in [0.15, 0.2) is 0 Å². The quantitative estimate of drug-likeness (QED) is 0.757. The van der Waals surface area contributed by atoms with Gasteiger partial charge >= 0.3 is 18.0 Å². The minimum absolute atomic E-state index is 0.00231. The van der Waals surface area contributed by atoms with Crippen molar-refractivity contribution in [2.75, 3.05) is 13.7 Å². The summed E-state index contributed by atoms with van der Waals surface area (Å²) in [5.41, 5.74) is 0. The molecule has 2 bridgehead atoms. The van der Waals surface area contributed by atoms with E-state index in [1.807, 2.05) is 0 Å². The third-order valence-corrected chi connectivity index (χ3v) is 5.05. The molecule has 0 aliphatic carbocycles. The summed E-state index contributed by atoms with van der Waals surface area (Å²) in [5, 5.41) is 9.25. The van der Waals surface area contributed by atoms with Crippen molar-refractivity contribution in [1.29, 1.82) is 0 Å². The molecule has 116 valence electrons. The van der Waals surface area contributed by atoms with E-state index in [4.69, 9.17) is 4.74 Å². The summed E-state index contributed by atoms with van der Waals surface area (Å²) >= 11 is 0. The fraction of sp³-hybridized carbons (Fsp3) is 0.786. The number of likely N-dealkylation sites (tertiary alicyclic amines) is 1. The Bertz CT molecular complexity index is 480. The van der Waals surface area contributed by atoms with Crippen molar-refractivity contribution >= 4 is 18.0 Å². The lowest BCUT2D eigenvalue weighted by Gasteiger charge is -2.31. The Morgan fingerprint density at radius 1 is 1.19 bits per heavy atom. The average Bonchev–Trinajstić information content (AvgIpc) is 3.18. The van der Waals surface area contributed by atoms with Crippen molar-refractivity contribution in [2.45, 2.75) is 50.2 Å². The van der Waals surface area contributed by atoms with Crippen molar-refractivity contribution in [3.8, 4) is 0 Å². The highest BCUT2D eigenvalue weighted by Gasteiger charge is 2.53. The second-order valence-corrected chi connectivity index (χ2v) is 6.04. The zero-order valence-corrected chi connectivity index (χ0v) is 12.0. The average molecular weight is 296 g/mol. The normalized spacial score (nSPS) is 34.3. The number of methoxy groups -OCH3 is 1. The van der Waals surface area contributed by atoms with Crippen LogP contribution < -0.4 is 0 Å². The van der Waals surface area contributed by atoms with Crippen LogP contribution in [0.2, 0.25) is 0 Å². The molecular formula is C14H20N2O5. The van der Waals surface area contributed by atoms with Gasteiger partial charge in [-0.3, -0.25) is 4.79 Å². The van der Waals surface area contributed by atoms with Crippen LogP contribution >= 0.6 is 0 Å². The van der Waals surface area contributed by atoms with Crippen LogP contribution in [0.3, 0.4) is 0 Å². The second-order valence-electron chi connectivity index (χ2n) is 6.04. The summed E-state index contributed by atoms with van der Waals surface area (Å²) in [6, 6.07) is -0.939. The van der Waals surface area contributed by atoms with Crippen LogP contribution in [0.4, 0.5) is 4.79 Å². The molecular weight excluding hydrogens is 276 g/mol. The van der Waals surface area contributed by atoms with Crippen LogP contribution in [0, 0.1) is 5.92 Å². The predicted molar refractivity (Wildman–Crippen MR) is 71.5 cm³/mol. The van der Waals surface area contributed by atoms with Crippen molar-refractivity contribution in [3.63, 3.8) is 0 Å². The lowest BCUT2D eigenvalue weighted by molar-refractivity contribution is -0.145. The van der Waals surface area contributed by atoms with Crippen molar-refractivity contribution in [1.82, 2.24) is 9.80 Å². The molecule has 3 saturated heterocycles. The Kier molecular flexibility index (Phi) is 3.51. The molecule has 3 rings (SSSR count). The zero-order valence-electron chi connectivity index (χ0n) is 12.0. The molecule has 21 heavy (non-hydrogen) atoms. The van der Waals surface area contributed by atoms with Gasteiger partial charge < -0.3 is 19.6 Å². The molecule has 7 nitrogen and oxygen atoms in total. The highest BCUT2D eigenvalue weighted by molar-refractivity contribution is 5.85. The van der Waals surface area contributed by atoms with Crippen LogP contribution in [-0.2, 0) is 14.3 Å². The van der Waals surface area contributed by atoms with Crippen LogP contribution in [0.15, 0.2) is 0 Å². The number of rotatable bonds is 2. The SMILES string of the molecule is COC(=O)C1CCCN1C(=O)N1C2CCC1C(C(=O)O)C2. The van der Waals surface area contributed by atoms with E-state index in [0.29, 0.717) is 19.4 Å². The van der Waals surface area contributed by atoms with Gasteiger partial charge in [0.2, 0.25) is 0 Å². The Hall–Kier alpha value is -1.79. The van der Waals surface area contributed by atoms with Crippen LogP contribution in [0.5, 0.6) is 0 Å². The molecule has 1 N–H and O–H groups in total. The topological polar surface area (TPSA) is 87.2 Å². The summed E-state index contributed by atoms with van der Waals surface area (Å²) in [7, 11) is 1.32. The first-order valence-electron chi connectivity index (χ1n) is 7.44. The van der Waals surface area contributed by atoms with Crippen LogP contribution in [-0.4, -0.2) is 64.7 Å². The predicted octanol–water partition coefficient (Wildman–Crippen LogP) is 0.681. The van der Waals surface area contributed by atoms with E-state index in [1.165, 1.54) is 7.11 Å². The molecule has 4 atom stereocenters. The number of hydrogen-bond donors (Lipinski definition) is 1. The van der Waals surface area contributed by atoms with Crippen LogP contribution in [0.25, 0.3) is 0 Å². The highest BCUT2D eigenvalue weighted by Crippen LogP contribution is 2.43. The molecule has 0 aromatic heterocycles. The first kappa shape index (κ1) is 14.2. The molecule has 3 fully saturated rings. The highest BCUT2D eigenvalue weighted by atomic mass is 16.5. The van der Waals surface area contributed by atoms with Gasteiger partial charge in [-0.2, -0.15) is 0 Å². The molecule has 3 heterocycles. The van der Waals surface area contributed by atoms with E-state index in [2.05, 4.69) is 0 Å². The van der Waals surface area contributed by atoms with Gasteiger partial charge in [0.25, 0.3) is 0 Å². The number of ether oxygens (including phenoxy) is 1. The number of carbonyl (C=O) groups excluding carboxylic acids is 2. The Labute approximate surface area is 122 Å². The number of carboxylic acid groups (broad SMARTS) is 1. The number of fused-ring (bicyclic) bond motifs is 2. The van der Waals surface area contributed by atoms with Crippen LogP contribution in [0.1, 0.15) is 32.1 Å². The Morgan fingerprint density at radius 2 is 1.95 bits per heavy atom. The van der Waals surface area contributed by atoms with Crippen molar-refractivity contribution in [3.05, 3.63) is 0 Å². The number of hydrogen-bond acceptors (Lipinski definition) is 4. The minimum Gasteiger partial charge on any atom is -0.481 e. The Morgan fingerprint density at radius 3 is 2.57 bits per heavy atom. The first-order valence-corrected chi connectivity index (χ1v) is 7.44. The Balaban J connectivity index is 1.77. The number of urea groups is 1. The van der Waals surface area contributed by atoms with E-state index in [9.17, 15) is 19.5 Å². The largest absolute Gasteiger partial charge is 0.481 e. The second kappa shape index (κ2) is 5.20. The fourth-order valence-corrected chi connectivity index (χ4v) is 4.08. The van der Waals surface area contributed by atoms with Gasteiger partial charge in [0, 0.05) is 18.6 Å². The van der Waals surface area contributed by atoms with E-state index in [-0.39, 0.29) is 24.1 Å². The van der Waals surface area contributed by atoms with Gasteiger partial charge in [-0.05, 0) is 32.1 Å². The van der Waals surface area contributed by atoms with E-state index >= 15 is 0 Å². The molecule has 0 aromatic rings. The number of carbonyl (C=O) groups is 3. The molecule has 0 spiro atoms. The number of esters is 1. The molecule has 0 radical (unpaired) electrons. The monoisotopic (exact) mass is 296 g/mol. The molecule has 3 aliphatic heterocycles. The number of carboxylic acids is 1. The number of aliphatic carboxylic acids is 1. The third-order valence-electron chi connectivity index (χ3n) is 5.05. The van der Waals surface area contributed by atoms with E-state index in [0.717, 1.165) is 19.3 Å². The van der Waals surface area contributed by atoms with Gasteiger partial charge in [-0.25, -0.2) is 9.59 Å². The number of amides is 2. The maximum atomic E-state index is 12.8. The molecule has 0 saturated carbocycles. The smallest absolute Gasteiger partial charge is 0.328 e. The summed E-state index contributed by atoms with van der Waals surface area (Å²) in [5.74, 6) is -1.68. The molecule has 4 unspecified atom stereocenters. The fourth-order valence-electron chi connectivity index (χ4n) is 4.08. The molecule has 3 aliphatic rings. The van der Waals surface area contributed by atoms with Crippen molar-refractivity contribution in [2.24, 2.45) is 5.92 Å². The van der Waals surface area contributed by atoms with Gasteiger partial charge in [-0.1, -0.05) is 0 Å². The van der Waals surface area contributed by atoms with Gasteiger partial charge in [-0.15, -0.1) is 0 Å². The summed E-state index contributed by atoms with van der Waals surface area (Å²) < 4.78 is 4.76. The lowest BCUT2D eigenvalue weighted by atomic mass is 9.89. The zero-order chi connectivity index (χ0) is 15.1. The lowest BCUT2D eigenvalue weighted by Crippen LogP contribution is -2.50. The molecule has 2 amide bonds.